The van der Waals surface area contributed by atoms with Gasteiger partial charge in [0, 0.05) is 31.3 Å². The molecule has 2 atom stereocenters. The number of nitrogens with one attached hydrogen (secondary N) is 4. The van der Waals surface area contributed by atoms with Crippen LogP contribution in [-0.4, -0.2) is 41.8 Å². The van der Waals surface area contributed by atoms with Crippen molar-refractivity contribution in [2.45, 2.75) is 51.7 Å². The molecule has 0 unspecified atom stereocenters. The number of hydrogen-bond acceptors (Lipinski definition) is 5. The maximum Gasteiger partial charge on any atom is 0.243 e. The van der Waals surface area contributed by atoms with Crippen LogP contribution in [0.5, 0.6) is 0 Å². The Bertz CT molecular complexity index is 1020. The van der Waals surface area contributed by atoms with E-state index in [1.54, 1.807) is 24.3 Å². The summed E-state index contributed by atoms with van der Waals surface area (Å²) in [5, 5.41) is 15.7. The van der Waals surface area contributed by atoms with E-state index in [2.05, 4.69) is 16.0 Å². The Morgan fingerprint density at radius 3 is 2.12 bits per heavy atom. The molecule has 0 spiro atoms. The summed E-state index contributed by atoms with van der Waals surface area (Å²) in [6, 6.07) is 12.6. The lowest BCUT2D eigenvalue weighted by atomic mass is 10.0. The van der Waals surface area contributed by atoms with Gasteiger partial charge in [-0.05, 0) is 36.6 Å². The number of amides is 3. The third kappa shape index (κ3) is 9.15. The van der Waals surface area contributed by atoms with Gasteiger partial charge in [0.1, 0.15) is 12.1 Å². The highest BCUT2D eigenvalue weighted by molar-refractivity contribution is 6.30. The zero-order valence-electron chi connectivity index (χ0n) is 19.2. The summed E-state index contributed by atoms with van der Waals surface area (Å²) in [6.07, 6.45) is 0.825. The van der Waals surface area contributed by atoms with E-state index < -0.39 is 35.6 Å². The molecule has 34 heavy (non-hydrogen) atoms. The van der Waals surface area contributed by atoms with Crippen LogP contribution in [0.25, 0.3) is 0 Å². The summed E-state index contributed by atoms with van der Waals surface area (Å²) in [7, 11) is 0. The molecule has 0 saturated heterocycles. The van der Waals surface area contributed by atoms with Crippen molar-refractivity contribution in [1.82, 2.24) is 16.0 Å². The number of hydrogen-bond donors (Lipinski definition) is 4. The maximum atomic E-state index is 13.0. The van der Waals surface area contributed by atoms with E-state index in [0.717, 1.165) is 16.7 Å². The molecule has 0 aliphatic carbocycles. The average Bonchev–Trinajstić information content (AvgIpc) is 2.81. The molecule has 2 rings (SSSR count). The van der Waals surface area contributed by atoms with Crippen molar-refractivity contribution in [3.63, 3.8) is 0 Å². The van der Waals surface area contributed by atoms with Gasteiger partial charge in [0.25, 0.3) is 0 Å². The fraction of sp³-hybridized carbons (Fsp3) is 0.320. The fourth-order valence-corrected chi connectivity index (χ4v) is 3.36. The predicted molar refractivity (Wildman–Crippen MR) is 131 cm³/mol. The minimum Gasteiger partial charge on any atom is -0.350 e. The first-order chi connectivity index (χ1) is 16.2. The molecule has 0 aliphatic heterocycles. The molecule has 4 N–H and O–H groups in total. The molecule has 0 bridgehead atoms. The number of halogens is 1. The minimum atomic E-state index is -1.01. The van der Waals surface area contributed by atoms with Gasteiger partial charge in [0.05, 0.1) is 6.21 Å². The Hall–Kier alpha value is -3.52. The highest BCUT2D eigenvalue weighted by Gasteiger charge is 2.26. The van der Waals surface area contributed by atoms with Crippen molar-refractivity contribution >= 4 is 41.3 Å². The quantitative estimate of drug-likeness (QED) is 0.345. The zero-order chi connectivity index (χ0) is 25.1. The van der Waals surface area contributed by atoms with Gasteiger partial charge in [-0.25, -0.2) is 0 Å². The average molecular weight is 485 g/mol. The zero-order valence-corrected chi connectivity index (χ0v) is 19.9. The second-order valence-electron chi connectivity index (χ2n) is 8.00. The van der Waals surface area contributed by atoms with Gasteiger partial charge in [-0.3, -0.25) is 19.2 Å². The predicted octanol–water partition coefficient (Wildman–Crippen LogP) is 2.50. The van der Waals surface area contributed by atoms with Crippen LogP contribution in [0.2, 0.25) is 5.02 Å². The van der Waals surface area contributed by atoms with Crippen LogP contribution < -0.4 is 16.0 Å². The topological polar surface area (TPSA) is 128 Å². The van der Waals surface area contributed by atoms with Gasteiger partial charge in [-0.15, -0.1) is 0 Å². The van der Waals surface area contributed by atoms with Gasteiger partial charge in [-0.1, -0.05) is 53.6 Å². The first-order valence-corrected chi connectivity index (χ1v) is 11.2. The molecule has 0 heterocycles. The fourth-order valence-electron chi connectivity index (χ4n) is 3.23. The Balaban J connectivity index is 2.12. The van der Waals surface area contributed by atoms with Crippen LogP contribution in [0.1, 0.15) is 36.5 Å². The van der Waals surface area contributed by atoms with Crippen LogP contribution >= 0.6 is 11.6 Å². The number of rotatable bonds is 12. The van der Waals surface area contributed by atoms with Crippen molar-refractivity contribution in [2.75, 3.05) is 0 Å². The molecule has 0 fully saturated rings. The van der Waals surface area contributed by atoms with Crippen molar-refractivity contribution in [2.24, 2.45) is 0 Å². The van der Waals surface area contributed by atoms with Crippen molar-refractivity contribution in [1.29, 1.82) is 5.41 Å². The van der Waals surface area contributed by atoms with Crippen molar-refractivity contribution < 1.29 is 19.2 Å². The van der Waals surface area contributed by atoms with E-state index in [0.29, 0.717) is 11.2 Å². The van der Waals surface area contributed by atoms with Gasteiger partial charge in [-0.2, -0.15) is 0 Å². The number of carbonyl (C=O) groups excluding carboxylic acids is 4. The third-order valence-corrected chi connectivity index (χ3v) is 5.36. The van der Waals surface area contributed by atoms with Gasteiger partial charge < -0.3 is 21.4 Å². The summed E-state index contributed by atoms with van der Waals surface area (Å²) in [5.41, 5.74) is 2.76. The van der Waals surface area contributed by atoms with E-state index in [9.17, 15) is 19.2 Å². The van der Waals surface area contributed by atoms with Gasteiger partial charge >= 0.3 is 0 Å². The van der Waals surface area contributed by atoms with Crippen molar-refractivity contribution in [3.8, 4) is 0 Å². The van der Waals surface area contributed by atoms with E-state index in [-0.39, 0.29) is 25.8 Å². The molecule has 180 valence electrons. The van der Waals surface area contributed by atoms with Crippen LogP contribution in [-0.2, 0) is 32.1 Å². The lowest BCUT2D eigenvalue weighted by molar-refractivity contribution is -0.132. The van der Waals surface area contributed by atoms with E-state index in [1.165, 1.54) is 6.92 Å². The molecule has 3 amide bonds. The molecular weight excluding hydrogens is 456 g/mol. The number of ketones is 1. The van der Waals surface area contributed by atoms with Crippen molar-refractivity contribution in [3.05, 3.63) is 70.2 Å². The molecule has 9 heteroatoms. The maximum absolute atomic E-state index is 13.0. The molecule has 2 aromatic carbocycles. The van der Waals surface area contributed by atoms with E-state index in [4.69, 9.17) is 17.0 Å². The number of Topliss-reactive ketones (excluding diaryl/α,β-unsaturated/α-hetero) is 1. The number of carbonyl (C=O) groups is 4. The molecule has 0 aliphatic rings. The second kappa shape index (κ2) is 13.3. The monoisotopic (exact) mass is 484 g/mol. The Morgan fingerprint density at radius 2 is 1.53 bits per heavy atom. The standard InChI is InChI=1S/C25H29ClN4O4/c1-16-3-5-19(6-4-16)15-28-24(33)22(12-11-21(32)14-27)30-25(34)23(29-17(2)31)13-18-7-9-20(26)10-8-18/h3-10,14,22-23,27H,11-13,15H2,1-2H3,(H,28,33)(H,29,31)(H,30,34)/t22-,23-/m0/s1. The second-order valence-corrected chi connectivity index (χ2v) is 8.43. The Labute approximate surface area is 204 Å². The van der Waals surface area contributed by atoms with Crippen LogP contribution in [0.4, 0.5) is 0 Å². The highest BCUT2D eigenvalue weighted by atomic mass is 35.5. The summed E-state index contributed by atoms with van der Waals surface area (Å²) in [6.45, 7) is 3.52. The SMILES string of the molecule is CC(=O)N[C@@H](Cc1ccc(Cl)cc1)C(=O)N[C@@H](CCC(=O)C=N)C(=O)NCc1ccc(C)cc1. The lowest BCUT2D eigenvalue weighted by Crippen LogP contribution is -2.54. The van der Waals surface area contributed by atoms with E-state index in [1.807, 2.05) is 31.2 Å². The largest absolute Gasteiger partial charge is 0.350 e. The summed E-state index contributed by atoms with van der Waals surface area (Å²) < 4.78 is 0. The lowest BCUT2D eigenvalue weighted by Gasteiger charge is -2.23. The van der Waals surface area contributed by atoms with Gasteiger partial charge in [0.15, 0.2) is 5.78 Å². The molecule has 0 saturated carbocycles. The first kappa shape index (κ1) is 26.7. The molecule has 0 aromatic heterocycles. The Morgan fingerprint density at radius 1 is 0.912 bits per heavy atom. The summed E-state index contributed by atoms with van der Waals surface area (Å²) in [5.74, 6) is -1.86. The summed E-state index contributed by atoms with van der Waals surface area (Å²) in [4.78, 5) is 49.2. The number of benzene rings is 2. The Kier molecular flexibility index (Phi) is 10.4. The van der Waals surface area contributed by atoms with Gasteiger partial charge in [0.2, 0.25) is 17.7 Å². The number of aryl methyl sites for hydroxylation is 1. The van der Waals surface area contributed by atoms with Crippen LogP contribution in [0.3, 0.4) is 0 Å². The molecular formula is C25H29ClN4O4. The first-order valence-electron chi connectivity index (χ1n) is 10.9. The van der Waals surface area contributed by atoms with Crippen LogP contribution in [0.15, 0.2) is 48.5 Å². The molecule has 2 aromatic rings. The third-order valence-electron chi connectivity index (χ3n) is 5.11. The normalized spacial score (nSPS) is 12.2. The highest BCUT2D eigenvalue weighted by Crippen LogP contribution is 2.12. The molecule has 0 radical (unpaired) electrons. The van der Waals surface area contributed by atoms with E-state index >= 15 is 0 Å². The minimum absolute atomic E-state index is 0.0213. The smallest absolute Gasteiger partial charge is 0.243 e. The molecule has 8 nitrogen and oxygen atoms in total. The van der Waals surface area contributed by atoms with Crippen LogP contribution in [0, 0.1) is 12.3 Å². The summed E-state index contributed by atoms with van der Waals surface area (Å²) >= 11 is 5.92.